The summed E-state index contributed by atoms with van der Waals surface area (Å²) in [5.41, 5.74) is 2.25. The summed E-state index contributed by atoms with van der Waals surface area (Å²) in [6.07, 6.45) is 2.51. The fourth-order valence-electron chi connectivity index (χ4n) is 3.31. The van der Waals surface area contributed by atoms with Crippen LogP contribution in [0.5, 0.6) is 0 Å². The van der Waals surface area contributed by atoms with E-state index in [2.05, 4.69) is 46.4 Å². The summed E-state index contributed by atoms with van der Waals surface area (Å²) in [6.45, 7) is 4.59. The second-order valence-corrected chi connectivity index (χ2v) is 9.12. The number of hydrogen-bond donors (Lipinski definition) is 1. The van der Waals surface area contributed by atoms with Crippen molar-refractivity contribution in [1.82, 2.24) is 4.90 Å². The van der Waals surface area contributed by atoms with E-state index in [1.807, 2.05) is 0 Å². The van der Waals surface area contributed by atoms with Crippen molar-refractivity contribution >= 4 is 21.2 Å². The van der Waals surface area contributed by atoms with Crippen molar-refractivity contribution in [3.63, 3.8) is 0 Å². The van der Waals surface area contributed by atoms with E-state index in [1.54, 1.807) is 0 Å². The normalized spacial score (nSPS) is 22.9. The number of benzene rings is 1. The van der Waals surface area contributed by atoms with Crippen LogP contribution in [0.25, 0.3) is 0 Å². The minimum absolute atomic E-state index is 0.264. The maximum atomic E-state index is 11.6. The van der Waals surface area contributed by atoms with Crippen LogP contribution in [-0.4, -0.2) is 64.6 Å². The smallest absolute Gasteiger partial charge is 0.153 e. The number of nitrogens with one attached hydrogen (secondary N) is 1. The number of likely N-dealkylation sites (tertiary alicyclic amines) is 1. The molecule has 0 bridgehead atoms. The lowest BCUT2D eigenvalue weighted by molar-refractivity contribution is 0.226. The highest BCUT2D eigenvalue weighted by atomic mass is 32.2. The highest BCUT2D eigenvalue weighted by Crippen LogP contribution is 2.23. The Morgan fingerprint density at radius 3 is 2.52 bits per heavy atom. The molecule has 23 heavy (non-hydrogen) atoms. The Morgan fingerprint density at radius 2 is 1.83 bits per heavy atom. The molecular formula is C17H27N3O2S. The molecule has 5 nitrogen and oxygen atoms in total. The van der Waals surface area contributed by atoms with E-state index in [9.17, 15) is 8.42 Å². The summed E-state index contributed by atoms with van der Waals surface area (Å²) in [4.78, 5) is 4.56. The lowest BCUT2D eigenvalue weighted by atomic mass is 9.97. The number of anilines is 2. The van der Waals surface area contributed by atoms with Gasteiger partial charge >= 0.3 is 0 Å². The Labute approximate surface area is 139 Å². The van der Waals surface area contributed by atoms with Crippen LogP contribution in [0.15, 0.2) is 24.3 Å². The maximum absolute atomic E-state index is 11.6. The van der Waals surface area contributed by atoms with Crippen LogP contribution in [0.3, 0.4) is 0 Å². The molecule has 2 aliphatic rings. The van der Waals surface area contributed by atoms with Gasteiger partial charge in [0.2, 0.25) is 0 Å². The van der Waals surface area contributed by atoms with Crippen LogP contribution in [0, 0.1) is 5.92 Å². The Morgan fingerprint density at radius 1 is 1.13 bits per heavy atom. The molecular weight excluding hydrogens is 310 g/mol. The molecule has 2 heterocycles. The second-order valence-electron chi connectivity index (χ2n) is 6.82. The molecule has 0 saturated carbocycles. The molecule has 1 N–H and O–H groups in total. The van der Waals surface area contributed by atoms with Crippen LogP contribution in [0.1, 0.15) is 12.8 Å². The van der Waals surface area contributed by atoms with Crippen molar-refractivity contribution in [2.45, 2.75) is 12.8 Å². The van der Waals surface area contributed by atoms with E-state index in [4.69, 9.17) is 0 Å². The summed E-state index contributed by atoms with van der Waals surface area (Å²) in [6, 6.07) is 8.36. The third-order valence-electron chi connectivity index (χ3n) is 4.99. The third-order valence-corrected chi connectivity index (χ3v) is 6.60. The molecule has 2 saturated heterocycles. The monoisotopic (exact) mass is 337 g/mol. The number of piperidine rings is 1. The van der Waals surface area contributed by atoms with Crippen LogP contribution in [0.2, 0.25) is 0 Å². The van der Waals surface area contributed by atoms with Gasteiger partial charge < -0.3 is 15.1 Å². The number of sulfone groups is 1. The van der Waals surface area contributed by atoms with Crippen molar-refractivity contribution in [3.05, 3.63) is 24.3 Å². The predicted molar refractivity (Wildman–Crippen MR) is 96.0 cm³/mol. The largest absolute Gasteiger partial charge is 0.385 e. The van der Waals surface area contributed by atoms with Gasteiger partial charge in [0.05, 0.1) is 11.5 Å². The third kappa shape index (κ3) is 4.61. The van der Waals surface area contributed by atoms with Gasteiger partial charge in [0.15, 0.2) is 9.84 Å². The first-order valence-corrected chi connectivity index (χ1v) is 10.3. The fourth-order valence-corrected chi connectivity index (χ4v) is 4.51. The van der Waals surface area contributed by atoms with Crippen LogP contribution < -0.4 is 10.2 Å². The highest BCUT2D eigenvalue weighted by Gasteiger charge is 2.22. The quantitative estimate of drug-likeness (QED) is 0.906. The Balaban J connectivity index is 1.55. The molecule has 0 atom stereocenters. The molecule has 0 radical (unpaired) electrons. The van der Waals surface area contributed by atoms with Gasteiger partial charge in [0, 0.05) is 31.0 Å². The van der Waals surface area contributed by atoms with Gasteiger partial charge in [0.25, 0.3) is 0 Å². The zero-order valence-electron chi connectivity index (χ0n) is 13.9. The van der Waals surface area contributed by atoms with Crippen molar-refractivity contribution in [3.8, 4) is 0 Å². The lowest BCUT2D eigenvalue weighted by Crippen LogP contribution is -2.40. The highest BCUT2D eigenvalue weighted by molar-refractivity contribution is 7.91. The maximum Gasteiger partial charge on any atom is 0.153 e. The standard InChI is InChI=1S/C17H27N3O2S/c1-19-7-5-15(6-8-19)14-18-16-3-2-4-17(13-16)20-9-11-23(21,22)12-10-20/h2-4,13,15,18H,5-12,14H2,1H3. The summed E-state index contributed by atoms with van der Waals surface area (Å²) in [5.74, 6) is 1.27. The topological polar surface area (TPSA) is 52.6 Å². The molecule has 0 aromatic heterocycles. The van der Waals surface area contributed by atoms with Crippen LogP contribution in [-0.2, 0) is 9.84 Å². The average Bonchev–Trinajstić information content (AvgIpc) is 2.55. The van der Waals surface area contributed by atoms with Gasteiger partial charge in [-0.3, -0.25) is 0 Å². The van der Waals surface area contributed by atoms with Crippen LogP contribution >= 0.6 is 0 Å². The van der Waals surface area contributed by atoms with Crippen molar-refractivity contribution in [2.75, 3.05) is 61.5 Å². The Hall–Kier alpha value is -1.27. The molecule has 1 aromatic carbocycles. The van der Waals surface area contributed by atoms with Crippen LogP contribution in [0.4, 0.5) is 11.4 Å². The van der Waals surface area contributed by atoms with E-state index in [1.165, 1.54) is 25.9 Å². The molecule has 2 aliphatic heterocycles. The number of rotatable bonds is 4. The van der Waals surface area contributed by atoms with Gasteiger partial charge in [-0.05, 0) is 57.1 Å². The molecule has 3 rings (SSSR count). The Bertz CT molecular complexity index is 610. The van der Waals surface area contributed by atoms with Gasteiger partial charge in [-0.1, -0.05) is 6.07 Å². The lowest BCUT2D eigenvalue weighted by Gasteiger charge is -2.30. The molecule has 0 amide bonds. The first-order valence-electron chi connectivity index (χ1n) is 8.50. The first-order chi connectivity index (χ1) is 11.0. The zero-order valence-corrected chi connectivity index (χ0v) is 14.7. The molecule has 128 valence electrons. The predicted octanol–water partition coefficient (Wildman–Crippen LogP) is 1.68. The summed E-state index contributed by atoms with van der Waals surface area (Å²) in [7, 11) is -0.638. The van der Waals surface area contributed by atoms with E-state index < -0.39 is 9.84 Å². The van der Waals surface area contributed by atoms with Gasteiger partial charge in [-0.25, -0.2) is 8.42 Å². The van der Waals surface area contributed by atoms with E-state index in [0.717, 1.165) is 23.8 Å². The molecule has 0 unspecified atom stereocenters. The minimum atomic E-state index is -2.82. The molecule has 1 aromatic rings. The zero-order chi connectivity index (χ0) is 16.3. The van der Waals surface area contributed by atoms with E-state index >= 15 is 0 Å². The molecule has 2 fully saturated rings. The average molecular weight is 337 g/mol. The fraction of sp³-hybridized carbons (Fsp3) is 0.647. The van der Waals surface area contributed by atoms with Crippen molar-refractivity contribution in [1.29, 1.82) is 0 Å². The van der Waals surface area contributed by atoms with Gasteiger partial charge in [-0.15, -0.1) is 0 Å². The molecule has 0 spiro atoms. The van der Waals surface area contributed by atoms with E-state index in [-0.39, 0.29) is 11.5 Å². The molecule has 6 heteroatoms. The summed E-state index contributed by atoms with van der Waals surface area (Å²) in [5, 5.41) is 3.56. The summed E-state index contributed by atoms with van der Waals surface area (Å²) >= 11 is 0. The number of nitrogens with zero attached hydrogens (tertiary/aromatic N) is 2. The van der Waals surface area contributed by atoms with Crippen molar-refractivity contribution in [2.24, 2.45) is 5.92 Å². The Kier molecular flexibility index (Phi) is 5.11. The minimum Gasteiger partial charge on any atom is -0.385 e. The first kappa shape index (κ1) is 16.6. The van der Waals surface area contributed by atoms with Crippen molar-refractivity contribution < 1.29 is 8.42 Å². The summed E-state index contributed by atoms with van der Waals surface area (Å²) < 4.78 is 23.1. The van der Waals surface area contributed by atoms with E-state index in [0.29, 0.717) is 13.1 Å². The SMILES string of the molecule is CN1CCC(CNc2cccc(N3CCS(=O)(=O)CC3)c2)CC1. The molecule has 0 aliphatic carbocycles. The van der Waals surface area contributed by atoms with Gasteiger partial charge in [-0.2, -0.15) is 0 Å². The van der Waals surface area contributed by atoms with Gasteiger partial charge in [0.1, 0.15) is 0 Å². The second kappa shape index (κ2) is 7.09. The number of hydrogen-bond acceptors (Lipinski definition) is 5.